The van der Waals surface area contributed by atoms with Gasteiger partial charge in [-0.2, -0.15) is 0 Å². The number of rotatable bonds is 5. The molecule has 0 unspecified atom stereocenters. The molecule has 8 heteroatoms. The number of hydrogen-bond acceptors (Lipinski definition) is 3. The minimum Gasteiger partial charge on any atom is -0.299 e. The van der Waals surface area contributed by atoms with Crippen molar-refractivity contribution < 1.29 is 8.42 Å². The van der Waals surface area contributed by atoms with Gasteiger partial charge in [0.1, 0.15) is 4.90 Å². The monoisotopic (exact) mass is 494 g/mol. The zero-order valence-electron chi connectivity index (χ0n) is 16.8. The standard InChI is InChI=1S/C23H21Cl3N2O2S/c1-28-11-10-15-6-2-4-8-17(15)22(28)12-16-7-3-5-9-21(16)27-31(29,30)23-14-19(25)18(24)13-20(23)26/h2-9,13-14,22,27H,10-12H2,1H3/t22-/m1/s1. The van der Waals surface area contributed by atoms with Crippen LogP contribution >= 0.6 is 34.8 Å². The molecule has 0 aromatic heterocycles. The van der Waals surface area contributed by atoms with Crippen molar-refractivity contribution in [1.82, 2.24) is 4.90 Å². The molecule has 0 amide bonds. The predicted molar refractivity (Wildman–Crippen MR) is 128 cm³/mol. The van der Waals surface area contributed by atoms with Crippen molar-refractivity contribution in [2.24, 2.45) is 0 Å². The molecule has 0 saturated heterocycles. The average molecular weight is 496 g/mol. The van der Waals surface area contributed by atoms with Gasteiger partial charge in [-0.05, 0) is 54.8 Å². The van der Waals surface area contributed by atoms with Crippen LogP contribution in [0, 0.1) is 0 Å². The maximum atomic E-state index is 13.1. The summed E-state index contributed by atoms with van der Waals surface area (Å²) in [5, 5.41) is 0.338. The van der Waals surface area contributed by atoms with E-state index in [9.17, 15) is 8.42 Å². The van der Waals surface area contributed by atoms with Crippen molar-refractivity contribution in [3.05, 3.63) is 92.4 Å². The molecule has 4 nitrogen and oxygen atoms in total. The highest BCUT2D eigenvalue weighted by Crippen LogP contribution is 2.35. The van der Waals surface area contributed by atoms with Gasteiger partial charge in [0.15, 0.2) is 0 Å². The van der Waals surface area contributed by atoms with Crippen molar-refractivity contribution in [3.8, 4) is 0 Å². The summed E-state index contributed by atoms with van der Waals surface area (Å²) in [4.78, 5) is 2.20. The molecular weight excluding hydrogens is 475 g/mol. The number of nitrogens with one attached hydrogen (secondary N) is 1. The quantitative estimate of drug-likeness (QED) is 0.428. The third-order valence-electron chi connectivity index (χ3n) is 5.62. The van der Waals surface area contributed by atoms with Gasteiger partial charge < -0.3 is 0 Å². The summed E-state index contributed by atoms with van der Waals surface area (Å²) in [7, 11) is -1.86. The van der Waals surface area contributed by atoms with Gasteiger partial charge >= 0.3 is 0 Å². The van der Waals surface area contributed by atoms with Crippen molar-refractivity contribution >= 4 is 50.5 Å². The zero-order chi connectivity index (χ0) is 22.2. The maximum Gasteiger partial charge on any atom is 0.263 e. The van der Waals surface area contributed by atoms with E-state index in [0.717, 1.165) is 18.5 Å². The lowest BCUT2D eigenvalue weighted by Crippen LogP contribution is -2.33. The number of hydrogen-bond donors (Lipinski definition) is 1. The average Bonchev–Trinajstić information content (AvgIpc) is 2.73. The summed E-state index contributed by atoms with van der Waals surface area (Å²) < 4.78 is 28.9. The molecule has 1 aliphatic heterocycles. The number of halogens is 3. The number of para-hydroxylation sites is 1. The Morgan fingerprint density at radius 1 is 0.968 bits per heavy atom. The Morgan fingerprint density at radius 3 is 2.45 bits per heavy atom. The van der Waals surface area contributed by atoms with Crippen LogP contribution in [0.4, 0.5) is 5.69 Å². The van der Waals surface area contributed by atoms with Gasteiger partial charge in [0.05, 0.1) is 20.8 Å². The Morgan fingerprint density at radius 2 is 1.65 bits per heavy atom. The first-order chi connectivity index (χ1) is 14.8. The second kappa shape index (κ2) is 9.00. The minimum absolute atomic E-state index is 0.0142. The molecule has 3 aromatic carbocycles. The summed E-state index contributed by atoms with van der Waals surface area (Å²) in [5.41, 5.74) is 4.03. The zero-order valence-corrected chi connectivity index (χ0v) is 19.9. The van der Waals surface area contributed by atoms with Crippen molar-refractivity contribution in [2.75, 3.05) is 18.3 Å². The Balaban J connectivity index is 1.67. The molecule has 31 heavy (non-hydrogen) atoms. The number of nitrogens with zero attached hydrogens (tertiary/aromatic N) is 1. The lowest BCUT2D eigenvalue weighted by molar-refractivity contribution is 0.229. The van der Waals surface area contributed by atoms with E-state index in [1.54, 1.807) is 12.1 Å². The third kappa shape index (κ3) is 4.71. The molecule has 1 heterocycles. The summed E-state index contributed by atoms with van der Waals surface area (Å²) >= 11 is 18.1. The molecule has 1 atom stereocenters. The summed E-state index contributed by atoms with van der Waals surface area (Å²) in [6, 6.07) is 18.6. The van der Waals surface area contributed by atoms with Crippen LogP contribution in [0.15, 0.2) is 65.6 Å². The van der Waals surface area contributed by atoms with Gasteiger partial charge in [-0.1, -0.05) is 77.3 Å². The first-order valence-electron chi connectivity index (χ1n) is 9.79. The number of sulfonamides is 1. The van der Waals surface area contributed by atoms with E-state index < -0.39 is 10.0 Å². The maximum absolute atomic E-state index is 13.1. The lowest BCUT2D eigenvalue weighted by Gasteiger charge is -2.35. The van der Waals surface area contributed by atoms with E-state index in [0.29, 0.717) is 12.1 Å². The first-order valence-corrected chi connectivity index (χ1v) is 12.4. The molecule has 0 radical (unpaired) electrons. The molecule has 3 aromatic rings. The number of fused-ring (bicyclic) bond motifs is 1. The highest BCUT2D eigenvalue weighted by Gasteiger charge is 2.26. The summed E-state index contributed by atoms with van der Waals surface area (Å²) in [5.74, 6) is 0. The Kier molecular flexibility index (Phi) is 6.52. The smallest absolute Gasteiger partial charge is 0.263 e. The number of anilines is 1. The van der Waals surface area contributed by atoms with Gasteiger partial charge in [-0.25, -0.2) is 8.42 Å². The van der Waals surface area contributed by atoms with Crippen LogP contribution in [0.3, 0.4) is 0 Å². The topological polar surface area (TPSA) is 49.4 Å². The van der Waals surface area contributed by atoms with E-state index in [-0.39, 0.29) is 26.0 Å². The predicted octanol–water partition coefficient (Wildman–Crippen LogP) is 6.22. The molecule has 1 N–H and O–H groups in total. The Bertz CT molecular complexity index is 1230. The van der Waals surface area contributed by atoms with Crippen LogP contribution < -0.4 is 4.72 Å². The molecule has 0 spiro atoms. The van der Waals surface area contributed by atoms with E-state index in [2.05, 4.69) is 34.9 Å². The van der Waals surface area contributed by atoms with Gasteiger partial charge in [-0.3, -0.25) is 9.62 Å². The summed E-state index contributed by atoms with van der Waals surface area (Å²) in [6.07, 6.45) is 1.68. The molecule has 1 aliphatic rings. The SMILES string of the molecule is CN1CCc2ccccc2[C@H]1Cc1ccccc1NS(=O)(=O)c1cc(Cl)c(Cl)cc1Cl. The highest BCUT2D eigenvalue weighted by atomic mass is 35.5. The fraction of sp³-hybridized carbons (Fsp3) is 0.217. The Hall–Kier alpha value is -1.76. The second-order valence-corrected chi connectivity index (χ2v) is 10.5. The summed E-state index contributed by atoms with van der Waals surface area (Å²) in [6.45, 7) is 0.953. The van der Waals surface area contributed by atoms with E-state index in [1.807, 2.05) is 18.2 Å². The van der Waals surface area contributed by atoms with Crippen LogP contribution in [0.5, 0.6) is 0 Å². The Labute approximate surface area is 197 Å². The van der Waals surface area contributed by atoms with Crippen molar-refractivity contribution in [3.63, 3.8) is 0 Å². The largest absolute Gasteiger partial charge is 0.299 e. The molecule has 0 saturated carbocycles. The van der Waals surface area contributed by atoms with Crippen LogP contribution in [-0.4, -0.2) is 26.9 Å². The van der Waals surface area contributed by atoms with Crippen LogP contribution in [0.2, 0.25) is 15.1 Å². The second-order valence-electron chi connectivity index (χ2n) is 7.61. The van der Waals surface area contributed by atoms with Gasteiger partial charge in [0, 0.05) is 12.6 Å². The molecule has 0 fully saturated rings. The van der Waals surface area contributed by atoms with Gasteiger partial charge in [0.2, 0.25) is 0 Å². The normalized spacial score (nSPS) is 16.7. The third-order valence-corrected chi connectivity index (χ3v) is 8.17. The molecule has 0 bridgehead atoms. The number of benzene rings is 3. The number of likely N-dealkylation sites (N-methyl/N-ethyl adjacent to an activating group) is 1. The highest BCUT2D eigenvalue weighted by molar-refractivity contribution is 7.92. The molecule has 162 valence electrons. The minimum atomic E-state index is -3.96. The van der Waals surface area contributed by atoms with Gasteiger partial charge in [-0.15, -0.1) is 0 Å². The molecule has 0 aliphatic carbocycles. The van der Waals surface area contributed by atoms with Crippen LogP contribution in [-0.2, 0) is 22.9 Å². The molecular formula is C23H21Cl3N2O2S. The lowest BCUT2D eigenvalue weighted by atomic mass is 9.89. The van der Waals surface area contributed by atoms with E-state index in [4.69, 9.17) is 34.8 Å². The fourth-order valence-corrected chi connectivity index (χ4v) is 6.06. The van der Waals surface area contributed by atoms with E-state index in [1.165, 1.54) is 23.3 Å². The van der Waals surface area contributed by atoms with Gasteiger partial charge in [0.25, 0.3) is 10.0 Å². The fourth-order valence-electron chi connectivity index (χ4n) is 3.96. The molecule has 4 rings (SSSR count). The van der Waals surface area contributed by atoms with Crippen molar-refractivity contribution in [2.45, 2.75) is 23.8 Å². The first kappa shape index (κ1) is 22.4. The van der Waals surface area contributed by atoms with Crippen LogP contribution in [0.1, 0.15) is 22.7 Å². The van der Waals surface area contributed by atoms with Crippen molar-refractivity contribution in [1.29, 1.82) is 0 Å². The van der Waals surface area contributed by atoms with Crippen LogP contribution in [0.25, 0.3) is 0 Å². The van der Waals surface area contributed by atoms with E-state index >= 15 is 0 Å².